The molecule has 0 aliphatic carbocycles. The summed E-state index contributed by atoms with van der Waals surface area (Å²) in [5.74, 6) is -0.144. The minimum Gasteiger partial charge on any atom is -0.324 e. The highest BCUT2D eigenvalue weighted by Crippen LogP contribution is 2.15. The monoisotopic (exact) mass is 238 g/mol. The molecule has 2 nitrogen and oxygen atoms in total. The molecule has 0 fully saturated rings. The molecule has 0 unspecified atom stereocenters. The van der Waals surface area contributed by atoms with Gasteiger partial charge in [0.15, 0.2) is 0 Å². The van der Waals surface area contributed by atoms with Gasteiger partial charge in [-0.3, -0.25) is 0 Å². The van der Waals surface area contributed by atoms with Crippen LogP contribution in [0, 0.1) is 5.82 Å². The van der Waals surface area contributed by atoms with Gasteiger partial charge in [-0.2, -0.15) is 0 Å². The Bertz CT molecular complexity index is 348. The first kappa shape index (κ1) is 14.1. The van der Waals surface area contributed by atoms with Crippen molar-refractivity contribution in [3.63, 3.8) is 0 Å². The van der Waals surface area contributed by atoms with E-state index in [0.717, 1.165) is 24.9 Å². The number of benzene rings is 1. The molecule has 3 heteroatoms. The molecule has 96 valence electrons. The maximum absolute atomic E-state index is 13.5. The van der Waals surface area contributed by atoms with Crippen molar-refractivity contribution >= 4 is 0 Å². The molecule has 1 rings (SSSR count). The standard InChI is InChI=1S/C14H23FN2/c1-4-14(16,5-2)11-17(3)10-12-8-6-7-9-13(12)15/h6-9H,4-5,10-11,16H2,1-3H3. The minimum atomic E-state index is -0.167. The fraction of sp³-hybridized carbons (Fsp3) is 0.571. The second kappa shape index (κ2) is 6.12. The van der Waals surface area contributed by atoms with Gasteiger partial charge in [-0.25, -0.2) is 4.39 Å². The van der Waals surface area contributed by atoms with Crippen LogP contribution in [0.5, 0.6) is 0 Å². The first-order chi connectivity index (χ1) is 8.00. The third-order valence-electron chi connectivity index (χ3n) is 3.39. The molecule has 0 atom stereocenters. The lowest BCUT2D eigenvalue weighted by Crippen LogP contribution is -2.48. The SMILES string of the molecule is CCC(N)(CC)CN(C)Cc1ccccc1F. The van der Waals surface area contributed by atoms with E-state index >= 15 is 0 Å². The molecule has 2 N–H and O–H groups in total. The predicted octanol–water partition coefficient (Wildman–Crippen LogP) is 2.78. The molecule has 17 heavy (non-hydrogen) atoms. The maximum Gasteiger partial charge on any atom is 0.127 e. The summed E-state index contributed by atoms with van der Waals surface area (Å²) in [5.41, 5.74) is 6.81. The number of halogens is 1. The van der Waals surface area contributed by atoms with Crippen LogP contribution in [0.25, 0.3) is 0 Å². The molecule has 0 aliphatic heterocycles. The Kier molecular flexibility index (Phi) is 5.09. The fourth-order valence-corrected chi connectivity index (χ4v) is 1.98. The normalized spacial score (nSPS) is 12.1. The van der Waals surface area contributed by atoms with E-state index in [0.29, 0.717) is 6.54 Å². The molecule has 0 aliphatic rings. The zero-order valence-electron chi connectivity index (χ0n) is 11.0. The van der Waals surface area contributed by atoms with Crippen LogP contribution in [0.3, 0.4) is 0 Å². The summed E-state index contributed by atoms with van der Waals surface area (Å²) in [6.45, 7) is 5.58. The lowest BCUT2D eigenvalue weighted by molar-refractivity contribution is 0.226. The Morgan fingerprint density at radius 3 is 2.35 bits per heavy atom. The van der Waals surface area contributed by atoms with Crippen molar-refractivity contribution in [2.75, 3.05) is 13.6 Å². The Balaban J connectivity index is 2.61. The van der Waals surface area contributed by atoms with E-state index in [-0.39, 0.29) is 11.4 Å². The quantitative estimate of drug-likeness (QED) is 0.825. The van der Waals surface area contributed by atoms with Crippen LogP contribution in [0.4, 0.5) is 4.39 Å². The van der Waals surface area contributed by atoms with E-state index in [1.54, 1.807) is 6.07 Å². The molecular weight excluding hydrogens is 215 g/mol. The van der Waals surface area contributed by atoms with E-state index in [1.807, 2.05) is 19.2 Å². The topological polar surface area (TPSA) is 29.3 Å². The largest absolute Gasteiger partial charge is 0.324 e. The van der Waals surface area contributed by atoms with Gasteiger partial charge in [-0.05, 0) is 26.0 Å². The molecule has 0 saturated heterocycles. The highest BCUT2D eigenvalue weighted by atomic mass is 19.1. The molecule has 0 spiro atoms. The molecule has 1 aromatic rings. The summed E-state index contributed by atoms with van der Waals surface area (Å²) < 4.78 is 13.5. The molecule has 0 heterocycles. The van der Waals surface area contributed by atoms with Gasteiger partial charge in [0, 0.05) is 24.2 Å². The third kappa shape index (κ3) is 4.10. The number of hydrogen-bond donors (Lipinski definition) is 1. The first-order valence-electron chi connectivity index (χ1n) is 6.21. The van der Waals surface area contributed by atoms with Gasteiger partial charge in [0.05, 0.1) is 0 Å². The number of nitrogens with two attached hydrogens (primary N) is 1. The maximum atomic E-state index is 13.5. The zero-order chi connectivity index (χ0) is 12.9. The average Bonchev–Trinajstić information content (AvgIpc) is 2.32. The summed E-state index contributed by atoms with van der Waals surface area (Å²) in [6, 6.07) is 6.90. The highest BCUT2D eigenvalue weighted by molar-refractivity contribution is 5.17. The Morgan fingerprint density at radius 1 is 1.24 bits per heavy atom. The van der Waals surface area contributed by atoms with Gasteiger partial charge < -0.3 is 10.6 Å². The van der Waals surface area contributed by atoms with E-state index in [1.165, 1.54) is 6.07 Å². The van der Waals surface area contributed by atoms with Crippen LogP contribution in [0.2, 0.25) is 0 Å². The van der Waals surface area contributed by atoms with Crippen molar-refractivity contribution in [1.82, 2.24) is 4.90 Å². The highest BCUT2D eigenvalue weighted by Gasteiger charge is 2.22. The van der Waals surface area contributed by atoms with Crippen LogP contribution in [-0.4, -0.2) is 24.0 Å². The van der Waals surface area contributed by atoms with E-state index in [2.05, 4.69) is 18.7 Å². The molecular formula is C14H23FN2. The smallest absolute Gasteiger partial charge is 0.127 e. The van der Waals surface area contributed by atoms with Crippen molar-refractivity contribution in [2.24, 2.45) is 5.73 Å². The summed E-state index contributed by atoms with van der Waals surface area (Å²) in [4.78, 5) is 2.09. The molecule has 0 aromatic heterocycles. The summed E-state index contributed by atoms with van der Waals surface area (Å²) in [7, 11) is 1.99. The van der Waals surface area contributed by atoms with Crippen molar-refractivity contribution in [1.29, 1.82) is 0 Å². The second-order valence-electron chi connectivity index (χ2n) is 4.83. The number of hydrogen-bond acceptors (Lipinski definition) is 2. The number of likely N-dealkylation sites (N-methyl/N-ethyl adjacent to an activating group) is 1. The van der Waals surface area contributed by atoms with Gasteiger partial charge in [0.2, 0.25) is 0 Å². The molecule has 0 bridgehead atoms. The number of rotatable bonds is 6. The minimum absolute atomic E-state index is 0.144. The summed E-state index contributed by atoms with van der Waals surface area (Å²) in [5, 5.41) is 0. The van der Waals surface area contributed by atoms with Gasteiger partial charge in [0.25, 0.3) is 0 Å². The van der Waals surface area contributed by atoms with Gasteiger partial charge in [0.1, 0.15) is 5.82 Å². The molecule has 0 amide bonds. The Labute approximate surface area is 104 Å². The third-order valence-corrected chi connectivity index (χ3v) is 3.39. The van der Waals surface area contributed by atoms with Gasteiger partial charge in [-0.1, -0.05) is 32.0 Å². The predicted molar refractivity (Wildman–Crippen MR) is 70.2 cm³/mol. The van der Waals surface area contributed by atoms with Crippen LogP contribution in [0.1, 0.15) is 32.3 Å². The first-order valence-corrected chi connectivity index (χ1v) is 6.21. The Hall–Kier alpha value is -0.930. The van der Waals surface area contributed by atoms with E-state index in [4.69, 9.17) is 5.73 Å². The van der Waals surface area contributed by atoms with Crippen LogP contribution < -0.4 is 5.73 Å². The molecule has 0 radical (unpaired) electrons. The lowest BCUT2D eigenvalue weighted by Gasteiger charge is -2.32. The average molecular weight is 238 g/mol. The second-order valence-corrected chi connectivity index (χ2v) is 4.83. The van der Waals surface area contributed by atoms with Crippen LogP contribution >= 0.6 is 0 Å². The van der Waals surface area contributed by atoms with Crippen molar-refractivity contribution < 1.29 is 4.39 Å². The Morgan fingerprint density at radius 2 is 1.82 bits per heavy atom. The van der Waals surface area contributed by atoms with Crippen LogP contribution in [0.15, 0.2) is 24.3 Å². The number of nitrogens with zero attached hydrogens (tertiary/aromatic N) is 1. The van der Waals surface area contributed by atoms with Crippen molar-refractivity contribution in [3.05, 3.63) is 35.6 Å². The summed E-state index contributed by atoms with van der Waals surface area (Å²) in [6.07, 6.45) is 1.87. The van der Waals surface area contributed by atoms with Crippen molar-refractivity contribution in [2.45, 2.75) is 38.8 Å². The van der Waals surface area contributed by atoms with Crippen molar-refractivity contribution in [3.8, 4) is 0 Å². The lowest BCUT2D eigenvalue weighted by atomic mass is 9.93. The van der Waals surface area contributed by atoms with E-state index in [9.17, 15) is 4.39 Å². The van der Waals surface area contributed by atoms with Gasteiger partial charge in [-0.15, -0.1) is 0 Å². The summed E-state index contributed by atoms with van der Waals surface area (Å²) >= 11 is 0. The zero-order valence-corrected chi connectivity index (χ0v) is 11.0. The van der Waals surface area contributed by atoms with Gasteiger partial charge >= 0.3 is 0 Å². The molecule has 0 saturated carbocycles. The fourth-order valence-electron chi connectivity index (χ4n) is 1.98. The van der Waals surface area contributed by atoms with E-state index < -0.39 is 0 Å². The molecule has 1 aromatic carbocycles. The van der Waals surface area contributed by atoms with Crippen LogP contribution in [-0.2, 0) is 6.54 Å².